The van der Waals surface area contributed by atoms with E-state index in [2.05, 4.69) is 21.7 Å². The molecular weight excluding hydrogens is 426 g/mol. The van der Waals surface area contributed by atoms with E-state index in [4.69, 9.17) is 16.0 Å². The van der Waals surface area contributed by atoms with Crippen LogP contribution in [0.15, 0.2) is 77.0 Å². The van der Waals surface area contributed by atoms with E-state index in [9.17, 15) is 9.59 Å². The summed E-state index contributed by atoms with van der Waals surface area (Å²) in [6.45, 7) is 2.43. The van der Waals surface area contributed by atoms with Gasteiger partial charge >= 0.3 is 0 Å². The minimum atomic E-state index is -0.502. The number of carbonyl (C=O) groups is 2. The molecule has 0 spiro atoms. The van der Waals surface area contributed by atoms with E-state index in [0.717, 1.165) is 27.7 Å². The molecule has 32 heavy (non-hydrogen) atoms. The van der Waals surface area contributed by atoms with Crippen molar-refractivity contribution in [1.29, 1.82) is 0 Å². The zero-order chi connectivity index (χ0) is 22.5. The van der Waals surface area contributed by atoms with Crippen molar-refractivity contribution in [3.05, 3.63) is 100 Å². The fourth-order valence-electron chi connectivity index (χ4n) is 3.53. The van der Waals surface area contributed by atoms with Crippen molar-refractivity contribution >= 4 is 40.4 Å². The van der Waals surface area contributed by atoms with Crippen molar-refractivity contribution < 1.29 is 14.0 Å². The summed E-state index contributed by atoms with van der Waals surface area (Å²) in [5.74, 6) is -0.774. The monoisotopic (exact) mass is 447 g/mol. The maximum Gasteiger partial charge on any atom is 0.291 e. The number of nitrogens with one attached hydrogen (secondary N) is 3. The lowest BCUT2D eigenvalue weighted by molar-refractivity contribution is -0.117. The van der Waals surface area contributed by atoms with Crippen molar-refractivity contribution in [3.63, 3.8) is 0 Å². The fourth-order valence-corrected chi connectivity index (χ4v) is 3.65. The normalized spacial score (nSPS) is 11.5. The van der Waals surface area contributed by atoms with Gasteiger partial charge in [0.25, 0.3) is 11.8 Å². The zero-order valence-electron chi connectivity index (χ0n) is 17.4. The number of carbonyl (C=O) groups excluding carboxylic acids is 2. The van der Waals surface area contributed by atoms with Gasteiger partial charge in [-0.1, -0.05) is 41.9 Å². The molecule has 0 radical (unpaired) electrons. The van der Waals surface area contributed by atoms with Crippen LogP contribution >= 0.6 is 11.6 Å². The number of furan rings is 1. The average Bonchev–Trinajstić information content (AvgIpc) is 3.43. The summed E-state index contributed by atoms with van der Waals surface area (Å²) in [6, 6.07) is 18.2. The number of hydrogen-bond donors (Lipinski definition) is 3. The Morgan fingerprint density at radius 1 is 1.06 bits per heavy atom. The Kier molecular flexibility index (Phi) is 6.42. The van der Waals surface area contributed by atoms with Crippen LogP contribution in [-0.4, -0.2) is 23.3 Å². The summed E-state index contributed by atoms with van der Waals surface area (Å²) < 4.78 is 5.13. The lowest BCUT2D eigenvalue weighted by Crippen LogP contribution is -2.35. The SMILES string of the molecule is Cc1[nH]c2ccccc2c1CCNC(=O)C(=Cc1ccc(Cl)cc1)NC(=O)c1ccco1. The first-order valence-corrected chi connectivity index (χ1v) is 10.6. The van der Waals surface area contributed by atoms with E-state index in [-0.39, 0.29) is 11.5 Å². The minimum Gasteiger partial charge on any atom is -0.459 e. The van der Waals surface area contributed by atoms with E-state index >= 15 is 0 Å². The van der Waals surface area contributed by atoms with Gasteiger partial charge in [-0.15, -0.1) is 0 Å². The Bertz CT molecular complexity index is 1270. The number of aryl methyl sites for hydroxylation is 1. The fraction of sp³-hybridized carbons (Fsp3) is 0.120. The zero-order valence-corrected chi connectivity index (χ0v) is 18.2. The van der Waals surface area contributed by atoms with Crippen LogP contribution in [0.25, 0.3) is 17.0 Å². The summed E-state index contributed by atoms with van der Waals surface area (Å²) in [6.07, 6.45) is 3.66. The van der Waals surface area contributed by atoms with Crippen molar-refractivity contribution in [3.8, 4) is 0 Å². The van der Waals surface area contributed by atoms with E-state index in [1.165, 1.54) is 12.3 Å². The summed E-state index contributed by atoms with van der Waals surface area (Å²) in [4.78, 5) is 28.8. The summed E-state index contributed by atoms with van der Waals surface area (Å²) in [5, 5.41) is 7.27. The van der Waals surface area contributed by atoms with Crippen molar-refractivity contribution in [2.75, 3.05) is 6.54 Å². The first kappa shape index (κ1) is 21.5. The van der Waals surface area contributed by atoms with Gasteiger partial charge in [0.2, 0.25) is 0 Å². The summed E-state index contributed by atoms with van der Waals surface area (Å²) >= 11 is 5.95. The molecule has 4 aromatic rings. The van der Waals surface area contributed by atoms with E-state index < -0.39 is 11.8 Å². The third kappa shape index (κ3) is 4.92. The third-order valence-electron chi connectivity index (χ3n) is 5.11. The Hall–Kier alpha value is -3.77. The number of aromatic amines is 1. The second kappa shape index (κ2) is 9.58. The largest absolute Gasteiger partial charge is 0.459 e. The van der Waals surface area contributed by atoms with Crippen molar-refractivity contribution in [1.82, 2.24) is 15.6 Å². The van der Waals surface area contributed by atoms with Crippen LogP contribution in [0, 0.1) is 6.92 Å². The number of rotatable bonds is 7. The number of halogens is 1. The number of benzene rings is 2. The quantitative estimate of drug-likeness (QED) is 0.354. The van der Waals surface area contributed by atoms with Gasteiger partial charge in [-0.25, -0.2) is 0 Å². The Labute approximate surface area is 190 Å². The first-order valence-electron chi connectivity index (χ1n) is 10.2. The molecule has 7 heteroatoms. The van der Waals surface area contributed by atoms with Gasteiger partial charge in [-0.3, -0.25) is 9.59 Å². The van der Waals surface area contributed by atoms with Crippen LogP contribution in [0.2, 0.25) is 5.02 Å². The van der Waals surface area contributed by atoms with Crippen molar-refractivity contribution in [2.45, 2.75) is 13.3 Å². The first-order chi connectivity index (χ1) is 15.5. The highest BCUT2D eigenvalue weighted by molar-refractivity contribution is 6.30. The van der Waals surface area contributed by atoms with E-state index in [1.807, 2.05) is 25.1 Å². The molecule has 0 aliphatic carbocycles. The van der Waals surface area contributed by atoms with Crippen LogP contribution in [0.3, 0.4) is 0 Å². The van der Waals surface area contributed by atoms with Crippen LogP contribution in [0.4, 0.5) is 0 Å². The van der Waals surface area contributed by atoms with Crippen LogP contribution < -0.4 is 10.6 Å². The predicted octanol–water partition coefficient (Wildman–Crippen LogP) is 4.85. The number of amides is 2. The number of para-hydroxylation sites is 1. The highest BCUT2D eigenvalue weighted by atomic mass is 35.5. The molecule has 6 nitrogen and oxygen atoms in total. The molecule has 2 aromatic carbocycles. The molecule has 0 unspecified atom stereocenters. The second-order valence-electron chi connectivity index (χ2n) is 7.32. The maximum absolute atomic E-state index is 12.9. The number of fused-ring (bicyclic) bond motifs is 1. The van der Waals surface area contributed by atoms with Gasteiger partial charge in [-0.05, 0) is 60.9 Å². The van der Waals surface area contributed by atoms with E-state index in [1.54, 1.807) is 36.4 Å². The molecule has 3 N–H and O–H groups in total. The Balaban J connectivity index is 1.49. The lowest BCUT2D eigenvalue weighted by atomic mass is 10.1. The number of hydrogen-bond acceptors (Lipinski definition) is 3. The molecular formula is C25H22ClN3O3. The van der Waals surface area contributed by atoms with Crippen molar-refractivity contribution in [2.24, 2.45) is 0 Å². The smallest absolute Gasteiger partial charge is 0.291 e. The molecule has 0 atom stereocenters. The molecule has 0 saturated heterocycles. The molecule has 0 bridgehead atoms. The maximum atomic E-state index is 12.9. The lowest BCUT2D eigenvalue weighted by Gasteiger charge is -2.11. The molecule has 4 rings (SSSR count). The van der Waals surface area contributed by atoms with Gasteiger partial charge < -0.3 is 20.0 Å². The highest BCUT2D eigenvalue weighted by Crippen LogP contribution is 2.22. The van der Waals surface area contributed by atoms with E-state index in [0.29, 0.717) is 18.0 Å². The Morgan fingerprint density at radius 2 is 1.84 bits per heavy atom. The van der Waals surface area contributed by atoms with Gasteiger partial charge in [0.1, 0.15) is 5.70 Å². The number of H-pyrrole nitrogens is 1. The van der Waals surface area contributed by atoms with Gasteiger partial charge in [-0.2, -0.15) is 0 Å². The minimum absolute atomic E-state index is 0.115. The predicted molar refractivity (Wildman–Crippen MR) is 125 cm³/mol. The van der Waals surface area contributed by atoms with Crippen LogP contribution in [0.1, 0.15) is 27.4 Å². The second-order valence-corrected chi connectivity index (χ2v) is 7.76. The number of aromatic nitrogens is 1. The van der Waals surface area contributed by atoms with Gasteiger partial charge in [0.15, 0.2) is 5.76 Å². The molecule has 0 aliphatic rings. The molecule has 2 amide bonds. The summed E-state index contributed by atoms with van der Waals surface area (Å²) in [7, 11) is 0. The third-order valence-corrected chi connectivity index (χ3v) is 5.36. The average molecular weight is 448 g/mol. The van der Waals surface area contributed by atoms with Crippen LogP contribution in [0.5, 0.6) is 0 Å². The van der Waals surface area contributed by atoms with Gasteiger partial charge in [0, 0.05) is 28.2 Å². The van der Waals surface area contributed by atoms with Crippen LogP contribution in [-0.2, 0) is 11.2 Å². The molecule has 0 saturated carbocycles. The van der Waals surface area contributed by atoms with Gasteiger partial charge in [0.05, 0.1) is 6.26 Å². The molecule has 0 aliphatic heterocycles. The molecule has 2 heterocycles. The summed E-state index contributed by atoms with van der Waals surface area (Å²) in [5.41, 5.74) is 4.14. The highest BCUT2D eigenvalue weighted by Gasteiger charge is 2.17. The molecule has 0 fully saturated rings. The topological polar surface area (TPSA) is 87.1 Å². The Morgan fingerprint density at radius 3 is 2.59 bits per heavy atom. The standard InChI is InChI=1S/C25H22ClN3O3/c1-16-19(20-5-2-3-6-21(20)28-16)12-13-27-24(30)22(15-17-8-10-18(26)11-9-17)29-25(31)23-7-4-14-32-23/h2-11,14-15,28H,12-13H2,1H3,(H,27,30)(H,29,31). The molecule has 2 aromatic heterocycles. The molecule has 162 valence electrons.